The van der Waals surface area contributed by atoms with E-state index < -0.39 is 17.7 Å². The smallest absolute Gasteiger partial charge is 0.251 e. The van der Waals surface area contributed by atoms with Gasteiger partial charge < -0.3 is 15.8 Å². The Balaban J connectivity index is 0.00000225. The minimum atomic E-state index is -0.926. The molecule has 7 heteroatoms. The highest BCUT2D eigenvalue weighted by Gasteiger charge is 2.31. The minimum Gasteiger partial charge on any atom is -0.371 e. The maximum atomic E-state index is 13.4. The second-order valence-electron chi connectivity index (χ2n) is 5.73. The van der Waals surface area contributed by atoms with Crippen LogP contribution in [0.4, 0.5) is 8.78 Å². The predicted octanol–water partition coefficient (Wildman–Crippen LogP) is 3.11. The van der Waals surface area contributed by atoms with E-state index in [1.54, 1.807) is 24.3 Å². The molecule has 2 aromatic carbocycles. The summed E-state index contributed by atoms with van der Waals surface area (Å²) in [6.45, 7) is 0.858. The summed E-state index contributed by atoms with van der Waals surface area (Å²) in [4.78, 5) is 12.4. The van der Waals surface area contributed by atoms with Crippen LogP contribution in [-0.4, -0.2) is 18.6 Å². The van der Waals surface area contributed by atoms with Gasteiger partial charge in [-0.3, -0.25) is 4.79 Å². The van der Waals surface area contributed by atoms with Gasteiger partial charge in [-0.1, -0.05) is 18.2 Å². The van der Waals surface area contributed by atoms with E-state index in [0.717, 1.165) is 17.7 Å². The molecule has 2 unspecified atom stereocenters. The molecule has 0 radical (unpaired) electrons. The molecule has 1 heterocycles. The van der Waals surface area contributed by atoms with Crippen molar-refractivity contribution in [3.05, 3.63) is 70.8 Å². The Bertz CT molecular complexity index is 740. The van der Waals surface area contributed by atoms with E-state index >= 15 is 0 Å². The molecule has 0 bridgehead atoms. The fraction of sp³-hybridized carbons (Fsp3) is 0.278. The van der Waals surface area contributed by atoms with Crippen LogP contribution in [0.1, 0.15) is 34.0 Å². The quantitative estimate of drug-likeness (QED) is 0.871. The topological polar surface area (TPSA) is 64.4 Å². The normalized spacial score (nSPS) is 19.3. The minimum absolute atomic E-state index is 0. The summed E-state index contributed by atoms with van der Waals surface area (Å²) < 4.78 is 32.1. The van der Waals surface area contributed by atoms with Crippen molar-refractivity contribution in [1.82, 2.24) is 5.32 Å². The lowest BCUT2D eigenvalue weighted by Crippen LogP contribution is -2.36. The third-order valence-electron chi connectivity index (χ3n) is 4.13. The molecule has 4 nitrogen and oxygen atoms in total. The average Bonchev–Trinajstić information content (AvgIpc) is 3.05. The molecular weight excluding hydrogens is 350 g/mol. The van der Waals surface area contributed by atoms with Crippen molar-refractivity contribution in [2.24, 2.45) is 5.73 Å². The Hall–Kier alpha value is -2.02. The summed E-state index contributed by atoms with van der Waals surface area (Å²) in [7, 11) is 0. The van der Waals surface area contributed by atoms with Crippen molar-refractivity contribution in [3.8, 4) is 0 Å². The van der Waals surface area contributed by atoms with Gasteiger partial charge in [0, 0.05) is 18.7 Å². The van der Waals surface area contributed by atoms with E-state index in [1.807, 2.05) is 0 Å². The highest BCUT2D eigenvalue weighted by atomic mass is 35.5. The first kappa shape index (κ1) is 19.3. The Labute approximate surface area is 150 Å². The molecule has 0 aliphatic carbocycles. The number of carbonyl (C=O) groups excluding carboxylic acids is 1. The van der Waals surface area contributed by atoms with Crippen LogP contribution in [0.15, 0.2) is 42.5 Å². The van der Waals surface area contributed by atoms with Gasteiger partial charge in [0.1, 0.15) is 6.10 Å². The number of ether oxygens (including phenoxy) is 1. The lowest BCUT2D eigenvalue weighted by Gasteiger charge is -2.20. The van der Waals surface area contributed by atoms with Crippen LogP contribution in [0.5, 0.6) is 0 Å². The molecule has 1 saturated heterocycles. The number of carbonyl (C=O) groups is 1. The predicted molar refractivity (Wildman–Crippen MR) is 92.5 cm³/mol. The van der Waals surface area contributed by atoms with E-state index in [1.165, 1.54) is 6.07 Å². The van der Waals surface area contributed by atoms with Gasteiger partial charge in [-0.25, -0.2) is 8.78 Å². The van der Waals surface area contributed by atoms with Crippen LogP contribution in [0.3, 0.4) is 0 Å². The summed E-state index contributed by atoms with van der Waals surface area (Å²) in [6.07, 6.45) is 0.114. The number of nitrogens with one attached hydrogen (secondary N) is 1. The summed E-state index contributed by atoms with van der Waals surface area (Å²) in [5.41, 5.74) is 7.51. The fourth-order valence-corrected chi connectivity index (χ4v) is 2.80. The van der Waals surface area contributed by atoms with E-state index in [9.17, 15) is 13.6 Å². The van der Waals surface area contributed by atoms with Gasteiger partial charge in [-0.2, -0.15) is 0 Å². The Morgan fingerprint density at radius 2 is 1.88 bits per heavy atom. The van der Waals surface area contributed by atoms with Gasteiger partial charge in [0.05, 0.1) is 6.04 Å². The first-order valence-corrected chi connectivity index (χ1v) is 7.75. The molecule has 3 N–H and O–H groups in total. The van der Waals surface area contributed by atoms with E-state index in [-0.39, 0.29) is 24.4 Å². The van der Waals surface area contributed by atoms with Crippen LogP contribution in [0, 0.1) is 11.6 Å². The van der Waals surface area contributed by atoms with Crippen molar-refractivity contribution >= 4 is 18.3 Å². The van der Waals surface area contributed by atoms with E-state index in [2.05, 4.69) is 5.32 Å². The third-order valence-corrected chi connectivity index (χ3v) is 4.13. The summed E-state index contributed by atoms with van der Waals surface area (Å²) >= 11 is 0. The number of nitrogens with two attached hydrogens (primary N) is 1. The summed E-state index contributed by atoms with van der Waals surface area (Å²) in [5, 5.41) is 2.90. The summed E-state index contributed by atoms with van der Waals surface area (Å²) in [6, 6.07) is 10.4. The van der Waals surface area contributed by atoms with Crippen LogP contribution in [0.25, 0.3) is 0 Å². The van der Waals surface area contributed by atoms with Crippen LogP contribution in [-0.2, 0) is 11.3 Å². The SMILES string of the molecule is Cl.NCc1ccc(C(=O)NC2CCOC2c2ccc(F)c(F)c2)cc1. The summed E-state index contributed by atoms with van der Waals surface area (Å²) in [5.74, 6) is -2.07. The van der Waals surface area contributed by atoms with Crippen LogP contribution >= 0.6 is 12.4 Å². The zero-order chi connectivity index (χ0) is 17.1. The van der Waals surface area contributed by atoms with Crippen LogP contribution in [0.2, 0.25) is 0 Å². The highest BCUT2D eigenvalue weighted by Crippen LogP contribution is 2.30. The molecule has 2 atom stereocenters. The molecule has 1 aliphatic rings. The van der Waals surface area contributed by atoms with Gasteiger partial charge >= 0.3 is 0 Å². The first-order valence-electron chi connectivity index (χ1n) is 7.75. The van der Waals surface area contributed by atoms with Gasteiger partial charge in [-0.15, -0.1) is 12.4 Å². The molecule has 134 valence electrons. The fourth-order valence-electron chi connectivity index (χ4n) is 2.80. The monoisotopic (exact) mass is 368 g/mol. The third kappa shape index (κ3) is 4.34. The number of halogens is 3. The molecule has 1 amide bonds. The second-order valence-corrected chi connectivity index (χ2v) is 5.73. The molecule has 25 heavy (non-hydrogen) atoms. The highest BCUT2D eigenvalue weighted by molar-refractivity contribution is 5.94. The molecule has 2 aromatic rings. The van der Waals surface area contributed by atoms with E-state index in [0.29, 0.717) is 30.7 Å². The molecule has 0 saturated carbocycles. The zero-order valence-corrected chi connectivity index (χ0v) is 14.2. The van der Waals surface area contributed by atoms with Crippen molar-refractivity contribution in [2.45, 2.75) is 25.1 Å². The molecular formula is C18H19ClF2N2O2. The number of amides is 1. The van der Waals surface area contributed by atoms with Gasteiger partial charge in [0.25, 0.3) is 5.91 Å². The standard InChI is InChI=1S/C18H18F2N2O2.ClH/c19-14-6-5-13(9-15(14)20)17-16(7-8-24-17)22-18(23)12-3-1-11(10-21)2-4-12;/h1-6,9,16-17H,7-8,10,21H2,(H,22,23);1H. The molecule has 0 aromatic heterocycles. The van der Waals surface area contributed by atoms with Crippen molar-refractivity contribution < 1.29 is 18.3 Å². The van der Waals surface area contributed by atoms with Crippen LogP contribution < -0.4 is 11.1 Å². The van der Waals surface area contributed by atoms with Crippen molar-refractivity contribution in [2.75, 3.05) is 6.61 Å². The van der Waals surface area contributed by atoms with Gasteiger partial charge in [-0.05, 0) is 41.8 Å². The molecule has 3 rings (SSSR count). The van der Waals surface area contributed by atoms with Crippen molar-refractivity contribution in [3.63, 3.8) is 0 Å². The second kappa shape index (κ2) is 8.38. The van der Waals surface area contributed by atoms with Gasteiger partial charge in [0.15, 0.2) is 11.6 Å². The van der Waals surface area contributed by atoms with E-state index in [4.69, 9.17) is 10.5 Å². The zero-order valence-electron chi connectivity index (χ0n) is 13.4. The molecule has 0 spiro atoms. The van der Waals surface area contributed by atoms with Crippen molar-refractivity contribution in [1.29, 1.82) is 0 Å². The molecule has 1 fully saturated rings. The Kier molecular flexibility index (Phi) is 6.47. The Morgan fingerprint density at radius 1 is 1.16 bits per heavy atom. The maximum absolute atomic E-state index is 13.4. The lowest BCUT2D eigenvalue weighted by atomic mass is 10.0. The maximum Gasteiger partial charge on any atom is 0.251 e. The average molecular weight is 369 g/mol. The first-order chi connectivity index (χ1) is 11.6. The number of rotatable bonds is 4. The number of hydrogen-bond acceptors (Lipinski definition) is 3. The lowest BCUT2D eigenvalue weighted by molar-refractivity contribution is 0.0820. The van der Waals surface area contributed by atoms with Gasteiger partial charge in [0.2, 0.25) is 0 Å². The molecule has 1 aliphatic heterocycles. The number of hydrogen-bond donors (Lipinski definition) is 2. The number of benzene rings is 2. The largest absolute Gasteiger partial charge is 0.371 e. The Morgan fingerprint density at radius 3 is 2.52 bits per heavy atom.